The lowest BCUT2D eigenvalue weighted by Gasteiger charge is -2.22. The van der Waals surface area contributed by atoms with Gasteiger partial charge in [0.15, 0.2) is 23.3 Å². The minimum atomic E-state index is -1.72. The number of nitrogen functional groups attached to an aromatic ring is 1. The molecular weight excluding hydrogens is 384 g/mol. The minimum Gasteiger partial charge on any atom is -0.387 e. The molecule has 0 radical (unpaired) electrons. The van der Waals surface area contributed by atoms with Crippen LogP contribution in [0, 0.1) is 0 Å². The van der Waals surface area contributed by atoms with Crippen molar-refractivity contribution in [2.45, 2.75) is 37.1 Å². The Hall–Kier alpha value is -3.13. The molecule has 2 fully saturated rings. The molecule has 1 aliphatic carbocycles. The van der Waals surface area contributed by atoms with E-state index in [-0.39, 0.29) is 28.8 Å². The molecule has 6 N–H and O–H groups in total. The topological polar surface area (TPSA) is 186 Å². The number of imidazole rings is 1. The molecule has 29 heavy (non-hydrogen) atoms. The van der Waals surface area contributed by atoms with Crippen molar-refractivity contribution in [1.82, 2.24) is 34.6 Å². The molecule has 2 aliphatic rings. The van der Waals surface area contributed by atoms with Gasteiger partial charge < -0.3 is 31.1 Å². The Bertz CT molecular complexity index is 1130. The van der Waals surface area contributed by atoms with Gasteiger partial charge in [-0.3, -0.25) is 9.36 Å². The first-order chi connectivity index (χ1) is 13.9. The second-order valence-corrected chi connectivity index (χ2v) is 6.99. The maximum atomic E-state index is 12.0. The van der Waals surface area contributed by atoms with Gasteiger partial charge in [0.2, 0.25) is 0 Å². The fourth-order valence-electron chi connectivity index (χ4n) is 3.57. The van der Waals surface area contributed by atoms with Crippen LogP contribution in [0.4, 0.5) is 5.82 Å². The number of aliphatic hydroxyl groups is 3. The van der Waals surface area contributed by atoms with Crippen LogP contribution in [0.3, 0.4) is 0 Å². The van der Waals surface area contributed by atoms with Crippen molar-refractivity contribution < 1.29 is 24.9 Å². The van der Waals surface area contributed by atoms with E-state index < -0.39 is 30.1 Å². The fourth-order valence-corrected chi connectivity index (χ4v) is 3.57. The number of nitrogens with two attached hydrogens (primary N) is 1. The van der Waals surface area contributed by atoms with E-state index in [9.17, 15) is 20.1 Å². The Morgan fingerprint density at radius 2 is 2.17 bits per heavy atom. The second-order valence-electron chi connectivity index (χ2n) is 6.99. The van der Waals surface area contributed by atoms with E-state index in [4.69, 9.17) is 10.5 Å². The van der Waals surface area contributed by atoms with Crippen LogP contribution < -0.4 is 11.1 Å². The number of ether oxygens (including phenoxy) is 1. The Balaban J connectivity index is 1.53. The lowest BCUT2D eigenvalue weighted by molar-refractivity contribution is -0.0942. The van der Waals surface area contributed by atoms with E-state index >= 15 is 0 Å². The van der Waals surface area contributed by atoms with E-state index in [2.05, 4.69) is 25.4 Å². The summed E-state index contributed by atoms with van der Waals surface area (Å²) in [6, 6.07) is 0. The number of anilines is 1. The van der Waals surface area contributed by atoms with E-state index in [0.29, 0.717) is 12.1 Å². The number of carbonyl (C=O) groups excluding carboxylic acids is 1. The Morgan fingerprint density at radius 1 is 1.38 bits per heavy atom. The maximum Gasteiger partial charge on any atom is 0.254 e. The number of aliphatic hydroxyl groups excluding tert-OH is 2. The van der Waals surface area contributed by atoms with Crippen molar-refractivity contribution in [3.63, 3.8) is 0 Å². The number of amides is 1. The first kappa shape index (κ1) is 17.9. The van der Waals surface area contributed by atoms with Crippen molar-refractivity contribution in [3.8, 4) is 5.95 Å². The Morgan fingerprint density at radius 3 is 2.86 bits per heavy atom. The zero-order chi connectivity index (χ0) is 20.5. The van der Waals surface area contributed by atoms with Crippen molar-refractivity contribution in [3.05, 3.63) is 24.3 Å². The summed E-state index contributed by atoms with van der Waals surface area (Å²) in [5.74, 6) is -0.134. The van der Waals surface area contributed by atoms with Gasteiger partial charge in [-0.05, 0) is 6.92 Å². The van der Waals surface area contributed by atoms with Gasteiger partial charge in [0.05, 0.1) is 18.1 Å². The molecule has 2 unspecified atom stereocenters. The highest BCUT2D eigenvalue weighted by Gasteiger charge is 2.76. The van der Waals surface area contributed by atoms with Crippen LogP contribution >= 0.6 is 0 Å². The Labute approximate surface area is 162 Å². The first-order valence-corrected chi connectivity index (χ1v) is 8.93. The molecule has 4 heterocycles. The molecule has 3 aromatic rings. The minimum absolute atomic E-state index is 0.0650. The van der Waals surface area contributed by atoms with E-state index in [1.165, 1.54) is 28.0 Å². The molecule has 0 spiro atoms. The number of nitrogens with zero attached hydrogens (tertiary/aromatic N) is 6. The van der Waals surface area contributed by atoms with Crippen LogP contribution in [0.15, 0.2) is 18.7 Å². The van der Waals surface area contributed by atoms with Crippen LogP contribution in [0.5, 0.6) is 0 Å². The molecule has 5 atom stereocenters. The smallest absolute Gasteiger partial charge is 0.254 e. The van der Waals surface area contributed by atoms with Crippen LogP contribution in [0.2, 0.25) is 0 Å². The van der Waals surface area contributed by atoms with Crippen molar-refractivity contribution in [2.75, 3.05) is 12.3 Å². The van der Waals surface area contributed by atoms with E-state index in [0.717, 1.165) is 0 Å². The highest BCUT2D eigenvalue weighted by Crippen LogP contribution is 2.53. The summed E-state index contributed by atoms with van der Waals surface area (Å²) in [5.41, 5.74) is 5.12. The molecule has 13 heteroatoms. The van der Waals surface area contributed by atoms with Crippen LogP contribution in [0.25, 0.3) is 17.1 Å². The average Bonchev–Trinajstić information content (AvgIpc) is 3.19. The van der Waals surface area contributed by atoms with Crippen molar-refractivity contribution in [1.29, 1.82) is 0 Å². The highest BCUT2D eigenvalue weighted by molar-refractivity contribution is 5.93. The van der Waals surface area contributed by atoms with Gasteiger partial charge in [-0.2, -0.15) is 15.1 Å². The lowest BCUT2D eigenvalue weighted by atomic mass is 10.1. The quantitative estimate of drug-likeness (QED) is 0.318. The molecule has 1 amide bonds. The predicted octanol–water partition coefficient (Wildman–Crippen LogP) is -2.29. The monoisotopic (exact) mass is 402 g/mol. The summed E-state index contributed by atoms with van der Waals surface area (Å²) in [6.07, 6.45) is -0.226. The SMILES string of the molecule is CCNC(=O)c1cnn(-c2nc(N)c3ncn(C4O[C@@H]5C(O)[C@]5(O)[C@H]4O)c3n2)c1. The normalized spacial score (nSPS) is 30.5. The molecule has 1 saturated heterocycles. The maximum absolute atomic E-state index is 12.0. The van der Waals surface area contributed by atoms with Crippen LogP contribution in [0.1, 0.15) is 23.5 Å². The molecule has 1 aliphatic heterocycles. The van der Waals surface area contributed by atoms with Gasteiger partial charge in [-0.15, -0.1) is 0 Å². The molecule has 0 aromatic carbocycles. The van der Waals surface area contributed by atoms with E-state index in [1.807, 2.05) is 0 Å². The third-order valence-corrected chi connectivity index (χ3v) is 5.23. The molecule has 1 saturated carbocycles. The number of carbonyl (C=O) groups is 1. The highest BCUT2D eigenvalue weighted by atomic mass is 16.6. The lowest BCUT2D eigenvalue weighted by Crippen LogP contribution is -2.36. The van der Waals surface area contributed by atoms with Crippen molar-refractivity contribution in [2.24, 2.45) is 0 Å². The average molecular weight is 402 g/mol. The number of aromatic nitrogens is 6. The zero-order valence-electron chi connectivity index (χ0n) is 15.2. The number of hydrogen-bond acceptors (Lipinski definition) is 10. The summed E-state index contributed by atoms with van der Waals surface area (Å²) in [7, 11) is 0. The van der Waals surface area contributed by atoms with Gasteiger partial charge in [0.25, 0.3) is 11.9 Å². The summed E-state index contributed by atoms with van der Waals surface area (Å²) in [6.45, 7) is 2.28. The third kappa shape index (κ3) is 2.38. The van der Waals surface area contributed by atoms with Crippen LogP contribution in [-0.2, 0) is 4.74 Å². The molecule has 152 valence electrons. The molecule has 13 nitrogen and oxygen atoms in total. The number of nitrogens with one attached hydrogen (secondary N) is 1. The van der Waals surface area contributed by atoms with Gasteiger partial charge in [-0.1, -0.05) is 0 Å². The molecule has 0 bridgehead atoms. The fraction of sp³-hybridized carbons (Fsp3) is 0.438. The molecule has 3 aromatic heterocycles. The first-order valence-electron chi connectivity index (χ1n) is 8.93. The molecular formula is C16H18N8O5. The number of fused-ring (bicyclic) bond motifs is 2. The van der Waals surface area contributed by atoms with Gasteiger partial charge in [-0.25, -0.2) is 9.67 Å². The predicted molar refractivity (Wildman–Crippen MR) is 95.7 cm³/mol. The summed E-state index contributed by atoms with van der Waals surface area (Å²) >= 11 is 0. The number of rotatable bonds is 4. The standard InChI is InChI=1S/C16H18N8O5/c1-2-18-13(27)6-3-20-24(4-6)15-21-11(17)7-12(22-15)23(5-19-7)14-9(26)16(28)8(25)10(16)29-14/h3-5,8-10,14,25-26,28H,2H2,1H3,(H,18,27)(H2,17,21,22)/t8?,9-,10+,14?,16-/m0/s1. The van der Waals surface area contributed by atoms with Gasteiger partial charge >= 0.3 is 0 Å². The Kier molecular flexibility index (Phi) is 3.67. The summed E-state index contributed by atoms with van der Waals surface area (Å²) in [4.78, 5) is 24.7. The van der Waals surface area contributed by atoms with E-state index in [1.54, 1.807) is 6.92 Å². The summed E-state index contributed by atoms with van der Waals surface area (Å²) < 4.78 is 8.26. The number of hydrogen-bond donors (Lipinski definition) is 5. The largest absolute Gasteiger partial charge is 0.387 e. The second kappa shape index (κ2) is 5.93. The zero-order valence-corrected chi connectivity index (χ0v) is 15.2. The van der Waals surface area contributed by atoms with Gasteiger partial charge in [0, 0.05) is 12.7 Å². The third-order valence-electron chi connectivity index (χ3n) is 5.23. The summed E-state index contributed by atoms with van der Waals surface area (Å²) in [5, 5.41) is 37.1. The van der Waals surface area contributed by atoms with Crippen LogP contribution in [-0.4, -0.2) is 81.0 Å². The van der Waals surface area contributed by atoms with Gasteiger partial charge in [0.1, 0.15) is 23.8 Å². The molecule has 5 rings (SSSR count). The van der Waals surface area contributed by atoms with Crippen molar-refractivity contribution >= 4 is 22.9 Å².